The molecule has 1 aliphatic carbocycles. The summed E-state index contributed by atoms with van der Waals surface area (Å²) < 4.78 is 0. The van der Waals surface area contributed by atoms with Crippen molar-refractivity contribution >= 4 is 23.4 Å². The van der Waals surface area contributed by atoms with Crippen molar-refractivity contribution in [3.05, 3.63) is 108 Å². The fourth-order valence-corrected chi connectivity index (χ4v) is 4.34. The van der Waals surface area contributed by atoms with Gasteiger partial charge in [0.25, 0.3) is 18.1 Å². The molecule has 0 saturated heterocycles. The molecule has 3 aromatic carbocycles. The van der Waals surface area contributed by atoms with Gasteiger partial charge in [0.2, 0.25) is 5.91 Å². The van der Waals surface area contributed by atoms with Crippen LogP contribution in [0.2, 0.25) is 0 Å². The predicted molar refractivity (Wildman–Crippen MR) is 135 cm³/mol. The molecule has 0 aliphatic heterocycles. The monoisotopic (exact) mass is 469 g/mol. The lowest BCUT2D eigenvalue weighted by molar-refractivity contribution is 0.0916. The molecule has 1 radical (unpaired) electrons. The molecule has 0 bridgehead atoms. The van der Waals surface area contributed by atoms with Crippen molar-refractivity contribution in [1.29, 1.82) is 0 Å². The van der Waals surface area contributed by atoms with Crippen molar-refractivity contribution in [3.63, 3.8) is 0 Å². The highest BCUT2D eigenvalue weighted by atomic mass is 16.2. The smallest absolute Gasteiger partial charge is 0.257 e. The molecule has 1 aliphatic rings. The highest BCUT2D eigenvalue weighted by molar-refractivity contribution is 5.98. The van der Waals surface area contributed by atoms with Crippen LogP contribution >= 0.6 is 0 Å². The number of nitrogens with one attached hydrogen (secondary N) is 2. The van der Waals surface area contributed by atoms with Gasteiger partial charge < -0.3 is 21.3 Å². The number of amides is 3. The SMILES string of the molecule is NC(=O)c1ccc(N([C](NC(=O)c2ccccc2)NC(=O)c2ccccc2)C2CCCCC2)cc1. The van der Waals surface area contributed by atoms with Crippen LogP contribution in [0.3, 0.4) is 0 Å². The fourth-order valence-electron chi connectivity index (χ4n) is 4.34. The van der Waals surface area contributed by atoms with E-state index >= 15 is 0 Å². The van der Waals surface area contributed by atoms with Gasteiger partial charge in [-0.15, -0.1) is 0 Å². The Labute approximate surface area is 205 Å². The zero-order chi connectivity index (χ0) is 24.6. The molecule has 7 heteroatoms. The molecule has 4 rings (SSSR count). The van der Waals surface area contributed by atoms with Crippen molar-refractivity contribution in [1.82, 2.24) is 10.6 Å². The summed E-state index contributed by atoms with van der Waals surface area (Å²) in [4.78, 5) is 39.9. The van der Waals surface area contributed by atoms with E-state index in [0.717, 1.165) is 37.8 Å². The van der Waals surface area contributed by atoms with Gasteiger partial charge in [-0.1, -0.05) is 55.7 Å². The van der Waals surface area contributed by atoms with E-state index in [4.69, 9.17) is 5.73 Å². The van der Waals surface area contributed by atoms with Gasteiger partial charge in [-0.05, 0) is 61.4 Å². The lowest BCUT2D eigenvalue weighted by Crippen LogP contribution is -2.55. The number of hydrogen-bond donors (Lipinski definition) is 3. The molecule has 0 unspecified atom stereocenters. The second-order valence-electron chi connectivity index (χ2n) is 8.56. The normalized spacial score (nSPS) is 13.7. The molecular formula is C28H29N4O3. The van der Waals surface area contributed by atoms with E-state index < -0.39 is 5.91 Å². The molecule has 179 valence electrons. The first kappa shape index (κ1) is 24.0. The molecule has 0 heterocycles. The van der Waals surface area contributed by atoms with E-state index in [2.05, 4.69) is 10.6 Å². The number of primary amides is 1. The summed E-state index contributed by atoms with van der Waals surface area (Å²) in [6.07, 6.45) is 5.34. The maximum absolute atomic E-state index is 13.2. The average Bonchev–Trinajstić information content (AvgIpc) is 2.90. The Morgan fingerprint density at radius 3 is 1.60 bits per heavy atom. The number of nitrogens with two attached hydrogens (primary N) is 1. The van der Waals surface area contributed by atoms with Crippen molar-refractivity contribution in [2.75, 3.05) is 4.90 Å². The highest BCUT2D eigenvalue weighted by Gasteiger charge is 2.32. The van der Waals surface area contributed by atoms with Crippen LogP contribution in [0.5, 0.6) is 0 Å². The van der Waals surface area contributed by atoms with Gasteiger partial charge in [0.15, 0.2) is 0 Å². The van der Waals surface area contributed by atoms with Crippen molar-refractivity contribution in [2.45, 2.75) is 38.1 Å². The molecule has 1 fully saturated rings. The quantitative estimate of drug-likeness (QED) is 0.459. The minimum absolute atomic E-state index is 0.0605. The standard InChI is InChI=1S/C28H29N4O3/c29-25(33)20-16-18-24(19-17-20)32(23-14-8-3-9-15-23)28(30-26(34)21-10-4-1-5-11-21)31-27(35)22-12-6-2-7-13-22/h1-2,4-7,10-13,16-19,23H,3,8-9,14-15H2,(H2,29,33)(H,30,34)(H,31,35). The third-order valence-electron chi connectivity index (χ3n) is 6.15. The minimum atomic E-state index is -0.514. The summed E-state index contributed by atoms with van der Waals surface area (Å²) in [5.74, 6) is -1.17. The summed E-state index contributed by atoms with van der Waals surface area (Å²) >= 11 is 0. The predicted octanol–water partition coefficient (Wildman–Crippen LogP) is 4.23. The summed E-state index contributed by atoms with van der Waals surface area (Å²) in [5, 5.41) is 5.89. The second kappa shape index (κ2) is 11.3. The van der Waals surface area contributed by atoms with Crippen molar-refractivity contribution in [2.24, 2.45) is 5.73 Å². The molecule has 35 heavy (non-hydrogen) atoms. The van der Waals surface area contributed by atoms with Crippen molar-refractivity contribution < 1.29 is 14.4 Å². The molecule has 3 amide bonds. The van der Waals surface area contributed by atoms with Crippen LogP contribution in [0, 0.1) is 6.29 Å². The Kier molecular flexibility index (Phi) is 7.77. The first-order chi connectivity index (χ1) is 17.0. The number of carbonyl (C=O) groups excluding carboxylic acids is 3. The van der Waals surface area contributed by atoms with E-state index in [1.54, 1.807) is 72.8 Å². The molecule has 0 spiro atoms. The Hall–Kier alpha value is -4.13. The van der Waals surface area contributed by atoms with Gasteiger partial charge >= 0.3 is 0 Å². The molecule has 1 saturated carbocycles. The van der Waals surface area contributed by atoms with Gasteiger partial charge in [0.1, 0.15) is 0 Å². The van der Waals surface area contributed by atoms with E-state index in [1.165, 1.54) is 0 Å². The Morgan fingerprint density at radius 1 is 0.657 bits per heavy atom. The van der Waals surface area contributed by atoms with Crippen LogP contribution in [-0.4, -0.2) is 23.8 Å². The van der Waals surface area contributed by atoms with Gasteiger partial charge in [-0.3, -0.25) is 14.4 Å². The van der Waals surface area contributed by atoms with Crippen LogP contribution in [0.1, 0.15) is 63.2 Å². The third kappa shape index (κ3) is 6.06. The van der Waals surface area contributed by atoms with E-state index in [0.29, 0.717) is 16.7 Å². The first-order valence-electron chi connectivity index (χ1n) is 11.8. The van der Waals surface area contributed by atoms with Crippen LogP contribution in [0.4, 0.5) is 5.69 Å². The number of hydrogen-bond acceptors (Lipinski definition) is 4. The van der Waals surface area contributed by atoms with Gasteiger partial charge in [-0.25, -0.2) is 0 Å². The number of nitrogens with zero attached hydrogens (tertiary/aromatic N) is 1. The van der Waals surface area contributed by atoms with E-state index in [9.17, 15) is 14.4 Å². The molecule has 7 nitrogen and oxygen atoms in total. The summed E-state index contributed by atoms with van der Waals surface area (Å²) in [6.45, 7) is 0. The molecular weight excluding hydrogens is 440 g/mol. The summed E-state index contributed by atoms with van der Waals surface area (Å²) in [6, 6.07) is 24.7. The van der Waals surface area contributed by atoms with Crippen LogP contribution in [0.25, 0.3) is 0 Å². The number of anilines is 1. The summed E-state index contributed by atoms with van der Waals surface area (Å²) in [5.41, 5.74) is 7.53. The van der Waals surface area contributed by atoms with Gasteiger partial charge in [0, 0.05) is 28.4 Å². The molecule has 0 aromatic heterocycles. The number of rotatable bonds is 8. The molecule has 4 N–H and O–H groups in total. The van der Waals surface area contributed by atoms with Gasteiger partial charge in [0.05, 0.1) is 0 Å². The first-order valence-corrected chi connectivity index (χ1v) is 11.8. The summed E-state index contributed by atoms with van der Waals surface area (Å²) in [7, 11) is 0. The average molecular weight is 470 g/mol. The Bertz CT molecular complexity index is 1090. The van der Waals surface area contributed by atoms with Gasteiger partial charge in [-0.2, -0.15) is 0 Å². The Morgan fingerprint density at radius 2 is 1.14 bits per heavy atom. The maximum atomic E-state index is 13.2. The Balaban J connectivity index is 1.70. The maximum Gasteiger partial charge on any atom is 0.257 e. The minimum Gasteiger partial charge on any atom is -0.366 e. The molecule has 0 atom stereocenters. The zero-order valence-corrected chi connectivity index (χ0v) is 19.4. The zero-order valence-electron chi connectivity index (χ0n) is 19.4. The van der Waals surface area contributed by atoms with Crippen LogP contribution in [0.15, 0.2) is 84.9 Å². The van der Waals surface area contributed by atoms with Crippen LogP contribution in [-0.2, 0) is 0 Å². The topological polar surface area (TPSA) is 105 Å². The largest absolute Gasteiger partial charge is 0.366 e. The second-order valence-corrected chi connectivity index (χ2v) is 8.56. The van der Waals surface area contributed by atoms with Crippen molar-refractivity contribution in [3.8, 4) is 0 Å². The highest BCUT2D eigenvalue weighted by Crippen LogP contribution is 2.31. The third-order valence-corrected chi connectivity index (χ3v) is 6.15. The number of benzene rings is 3. The lowest BCUT2D eigenvalue weighted by Gasteiger charge is -2.40. The van der Waals surface area contributed by atoms with E-state index in [-0.39, 0.29) is 24.1 Å². The fraction of sp³-hybridized carbons (Fsp3) is 0.214. The number of carbonyl (C=O) groups is 3. The lowest BCUT2D eigenvalue weighted by atomic mass is 9.93. The molecule has 3 aromatic rings. The van der Waals surface area contributed by atoms with E-state index in [1.807, 2.05) is 17.0 Å². The van der Waals surface area contributed by atoms with Crippen LogP contribution < -0.4 is 21.3 Å².